The van der Waals surface area contributed by atoms with Crippen molar-refractivity contribution in [1.82, 2.24) is 19.3 Å². The van der Waals surface area contributed by atoms with Crippen molar-refractivity contribution in [3.8, 4) is 0 Å². The van der Waals surface area contributed by atoms with Crippen LogP contribution in [0.3, 0.4) is 0 Å². The Morgan fingerprint density at radius 3 is 3.05 bits per heavy atom. The molecule has 0 unspecified atom stereocenters. The Labute approximate surface area is 114 Å². The minimum atomic E-state index is -0.978. The van der Waals surface area contributed by atoms with Gasteiger partial charge in [0.05, 0.1) is 6.54 Å². The van der Waals surface area contributed by atoms with Gasteiger partial charge in [0, 0.05) is 18.8 Å². The van der Waals surface area contributed by atoms with E-state index in [-0.39, 0.29) is 5.69 Å². The first-order valence-corrected chi connectivity index (χ1v) is 6.47. The molecule has 0 fully saturated rings. The molecule has 7 heteroatoms. The highest BCUT2D eigenvalue weighted by Crippen LogP contribution is 2.21. The predicted octanol–water partition coefficient (Wildman–Crippen LogP) is 0.450. The lowest BCUT2D eigenvalue weighted by Gasteiger charge is -2.19. The number of carboxylic acids is 1. The van der Waals surface area contributed by atoms with Gasteiger partial charge in [-0.1, -0.05) is 6.07 Å². The van der Waals surface area contributed by atoms with E-state index >= 15 is 0 Å². The number of nitrogens with zero attached hydrogens (tertiary/aromatic N) is 4. The molecular formula is C13H14N4O3. The van der Waals surface area contributed by atoms with Crippen molar-refractivity contribution in [2.45, 2.75) is 31.8 Å². The van der Waals surface area contributed by atoms with E-state index in [0.717, 1.165) is 12.0 Å². The third kappa shape index (κ3) is 2.11. The molecule has 2 aromatic rings. The summed E-state index contributed by atoms with van der Waals surface area (Å²) in [6.07, 6.45) is 5.17. The minimum absolute atomic E-state index is 0.305. The number of rotatable bonds is 3. The summed E-state index contributed by atoms with van der Waals surface area (Å²) in [5.74, 6) is -0.425. The van der Waals surface area contributed by atoms with Crippen LogP contribution in [-0.2, 0) is 17.8 Å². The molecule has 0 bridgehead atoms. The van der Waals surface area contributed by atoms with E-state index in [2.05, 4.69) is 10.1 Å². The van der Waals surface area contributed by atoms with Gasteiger partial charge in [-0.3, -0.25) is 9.55 Å². The molecule has 0 aromatic carbocycles. The first kappa shape index (κ1) is 12.6. The van der Waals surface area contributed by atoms with E-state index in [1.807, 2.05) is 6.07 Å². The van der Waals surface area contributed by atoms with Crippen LogP contribution in [0.15, 0.2) is 29.3 Å². The van der Waals surface area contributed by atoms with Gasteiger partial charge in [-0.15, -0.1) is 0 Å². The number of aliphatic carboxylic acids is 1. The molecule has 3 rings (SSSR count). The number of fused-ring (bicyclic) bond motifs is 1. The van der Waals surface area contributed by atoms with Crippen LogP contribution in [0.5, 0.6) is 0 Å². The third-order valence-corrected chi connectivity index (χ3v) is 3.47. The van der Waals surface area contributed by atoms with Gasteiger partial charge < -0.3 is 5.11 Å². The summed E-state index contributed by atoms with van der Waals surface area (Å²) in [6, 6.07) is 2.84. The Morgan fingerprint density at radius 2 is 2.35 bits per heavy atom. The summed E-state index contributed by atoms with van der Waals surface area (Å²) in [6.45, 7) is 0.305. The standard InChI is InChI=1S/C13H14N4O3/c18-12(19)10-4-1-5-11-15-16(13(20)17(10)11)8-9-3-2-6-14-7-9/h2-3,6-7,10H,1,4-5,8H2,(H,18,19)/t10-/m1/s1. The van der Waals surface area contributed by atoms with Gasteiger partial charge in [0.25, 0.3) is 0 Å². The van der Waals surface area contributed by atoms with E-state index in [9.17, 15) is 14.7 Å². The molecule has 104 valence electrons. The quantitative estimate of drug-likeness (QED) is 0.877. The number of hydrogen-bond acceptors (Lipinski definition) is 4. The van der Waals surface area contributed by atoms with Crippen LogP contribution in [-0.4, -0.2) is 30.4 Å². The van der Waals surface area contributed by atoms with E-state index < -0.39 is 12.0 Å². The molecule has 0 saturated carbocycles. The van der Waals surface area contributed by atoms with E-state index in [0.29, 0.717) is 25.2 Å². The zero-order chi connectivity index (χ0) is 14.1. The van der Waals surface area contributed by atoms with Gasteiger partial charge in [-0.2, -0.15) is 5.10 Å². The largest absolute Gasteiger partial charge is 0.480 e. The topological polar surface area (TPSA) is 90.0 Å². The minimum Gasteiger partial charge on any atom is -0.480 e. The molecule has 1 N–H and O–H groups in total. The monoisotopic (exact) mass is 274 g/mol. The fourth-order valence-corrected chi connectivity index (χ4v) is 2.53. The summed E-state index contributed by atoms with van der Waals surface area (Å²) in [5, 5.41) is 13.5. The number of hydrogen-bond donors (Lipinski definition) is 1. The van der Waals surface area contributed by atoms with E-state index in [1.165, 1.54) is 9.25 Å². The smallest absolute Gasteiger partial charge is 0.347 e. The average molecular weight is 274 g/mol. The van der Waals surface area contributed by atoms with Crippen LogP contribution in [0, 0.1) is 0 Å². The maximum absolute atomic E-state index is 12.3. The molecule has 0 amide bonds. The zero-order valence-corrected chi connectivity index (χ0v) is 10.8. The summed E-state index contributed by atoms with van der Waals surface area (Å²) in [7, 11) is 0. The molecule has 20 heavy (non-hydrogen) atoms. The Balaban J connectivity index is 1.99. The van der Waals surface area contributed by atoms with Gasteiger partial charge in [-0.05, 0) is 24.5 Å². The van der Waals surface area contributed by atoms with Crippen LogP contribution in [0.4, 0.5) is 0 Å². The molecule has 2 aromatic heterocycles. The Bertz CT molecular complexity index is 689. The van der Waals surface area contributed by atoms with Crippen LogP contribution in [0.1, 0.15) is 30.3 Å². The fourth-order valence-electron chi connectivity index (χ4n) is 2.53. The second-order valence-corrected chi connectivity index (χ2v) is 4.83. The number of aryl methyl sites for hydroxylation is 1. The Hall–Kier alpha value is -2.44. The normalized spacial score (nSPS) is 17.7. The molecule has 1 aliphatic heterocycles. The first-order valence-electron chi connectivity index (χ1n) is 6.47. The van der Waals surface area contributed by atoms with Crippen molar-refractivity contribution in [3.05, 3.63) is 46.4 Å². The van der Waals surface area contributed by atoms with Gasteiger partial charge in [0.15, 0.2) is 0 Å². The van der Waals surface area contributed by atoms with Crippen LogP contribution in [0.2, 0.25) is 0 Å². The summed E-state index contributed by atoms with van der Waals surface area (Å²) in [4.78, 5) is 27.5. The highest BCUT2D eigenvalue weighted by molar-refractivity contribution is 5.72. The Kier molecular flexibility index (Phi) is 3.09. The van der Waals surface area contributed by atoms with Crippen LogP contribution < -0.4 is 5.69 Å². The number of carbonyl (C=O) groups is 1. The van der Waals surface area contributed by atoms with Crippen molar-refractivity contribution >= 4 is 5.97 Å². The number of carboxylic acid groups (broad SMARTS) is 1. The van der Waals surface area contributed by atoms with E-state index in [1.54, 1.807) is 18.5 Å². The maximum Gasteiger partial charge on any atom is 0.347 e. The third-order valence-electron chi connectivity index (χ3n) is 3.47. The SMILES string of the molecule is O=C(O)[C@H]1CCCc2nn(Cc3cccnc3)c(=O)n21. The van der Waals surface area contributed by atoms with Gasteiger partial charge >= 0.3 is 11.7 Å². The molecule has 7 nitrogen and oxygen atoms in total. The summed E-state index contributed by atoms with van der Waals surface area (Å²) >= 11 is 0. The second kappa shape index (κ2) is 4.92. The molecular weight excluding hydrogens is 260 g/mol. The van der Waals surface area contributed by atoms with Gasteiger partial charge in [0.2, 0.25) is 0 Å². The van der Waals surface area contributed by atoms with Gasteiger partial charge in [0.1, 0.15) is 11.9 Å². The van der Waals surface area contributed by atoms with Crippen LogP contribution in [0.25, 0.3) is 0 Å². The van der Waals surface area contributed by atoms with Crippen molar-refractivity contribution in [3.63, 3.8) is 0 Å². The lowest BCUT2D eigenvalue weighted by molar-refractivity contribution is -0.141. The first-order chi connectivity index (χ1) is 9.66. The predicted molar refractivity (Wildman–Crippen MR) is 69.4 cm³/mol. The molecule has 1 aliphatic rings. The summed E-state index contributed by atoms with van der Waals surface area (Å²) < 4.78 is 2.62. The molecule has 0 spiro atoms. The lowest BCUT2D eigenvalue weighted by atomic mass is 10.1. The van der Waals surface area contributed by atoms with E-state index in [4.69, 9.17) is 0 Å². The van der Waals surface area contributed by atoms with Crippen molar-refractivity contribution < 1.29 is 9.90 Å². The van der Waals surface area contributed by atoms with Crippen molar-refractivity contribution in [2.75, 3.05) is 0 Å². The molecule has 0 radical (unpaired) electrons. The highest BCUT2D eigenvalue weighted by Gasteiger charge is 2.30. The molecule has 3 heterocycles. The second-order valence-electron chi connectivity index (χ2n) is 4.83. The molecule has 0 aliphatic carbocycles. The van der Waals surface area contributed by atoms with Crippen LogP contribution >= 0.6 is 0 Å². The fraction of sp³-hybridized carbons (Fsp3) is 0.385. The van der Waals surface area contributed by atoms with Gasteiger partial charge in [-0.25, -0.2) is 14.3 Å². The maximum atomic E-state index is 12.3. The number of aromatic nitrogens is 4. The molecule has 0 saturated heterocycles. The average Bonchev–Trinajstić information content (AvgIpc) is 2.77. The summed E-state index contributed by atoms with van der Waals surface area (Å²) in [5.41, 5.74) is 0.493. The number of pyridine rings is 1. The highest BCUT2D eigenvalue weighted by atomic mass is 16.4. The van der Waals surface area contributed by atoms with Crippen molar-refractivity contribution in [1.29, 1.82) is 0 Å². The lowest BCUT2D eigenvalue weighted by Crippen LogP contribution is -2.34. The zero-order valence-electron chi connectivity index (χ0n) is 10.8. The molecule has 1 atom stereocenters. The van der Waals surface area contributed by atoms with Crippen molar-refractivity contribution in [2.24, 2.45) is 0 Å². The Morgan fingerprint density at radius 1 is 1.50 bits per heavy atom.